The molecule has 1 amide bonds. The molecular formula is C17H26N2O5S. The minimum absolute atomic E-state index is 0.0872. The average molecular weight is 370 g/mol. The molecule has 140 valence electrons. The summed E-state index contributed by atoms with van der Waals surface area (Å²) in [7, 11) is -1.82. The first kappa shape index (κ1) is 19.7. The standard InChI is InChI=1S/C17H26N2O5S/c1-12-6-5-7-16(13(12)2)24-11-17(20)19-9-8-14(15(19)10-23-3)18-25(4,21)22/h5-7,14-15,18H,8-11H2,1-4H3. The first-order valence-corrected chi connectivity index (χ1v) is 10.1. The van der Waals surface area contributed by atoms with E-state index in [4.69, 9.17) is 9.47 Å². The molecule has 0 radical (unpaired) electrons. The lowest BCUT2D eigenvalue weighted by Gasteiger charge is -2.27. The van der Waals surface area contributed by atoms with Crippen molar-refractivity contribution in [2.24, 2.45) is 0 Å². The Morgan fingerprint density at radius 2 is 2.08 bits per heavy atom. The summed E-state index contributed by atoms with van der Waals surface area (Å²) in [5.41, 5.74) is 2.10. The Hall–Kier alpha value is -1.64. The second-order valence-corrected chi connectivity index (χ2v) is 8.16. The minimum Gasteiger partial charge on any atom is -0.483 e. The number of sulfonamides is 1. The number of amides is 1. The number of nitrogens with one attached hydrogen (secondary N) is 1. The van der Waals surface area contributed by atoms with Gasteiger partial charge in [-0.05, 0) is 37.5 Å². The minimum atomic E-state index is -3.35. The Bertz CT molecular complexity index is 720. The van der Waals surface area contributed by atoms with Crippen LogP contribution in [0.4, 0.5) is 0 Å². The third kappa shape index (κ3) is 5.17. The first-order valence-electron chi connectivity index (χ1n) is 8.17. The van der Waals surface area contributed by atoms with E-state index in [1.54, 1.807) is 4.90 Å². The topological polar surface area (TPSA) is 84.9 Å². The molecular weight excluding hydrogens is 344 g/mol. The normalized spacial score (nSPS) is 20.7. The number of carbonyl (C=O) groups excluding carboxylic acids is 1. The van der Waals surface area contributed by atoms with Crippen LogP contribution in [0.5, 0.6) is 5.75 Å². The number of aryl methyl sites for hydroxylation is 1. The second kappa shape index (κ2) is 8.16. The lowest BCUT2D eigenvalue weighted by atomic mass is 10.1. The lowest BCUT2D eigenvalue weighted by molar-refractivity contribution is -0.135. The molecule has 0 aromatic heterocycles. The van der Waals surface area contributed by atoms with Gasteiger partial charge in [0.25, 0.3) is 5.91 Å². The Balaban J connectivity index is 2.03. The van der Waals surface area contributed by atoms with E-state index in [0.717, 1.165) is 17.4 Å². The summed E-state index contributed by atoms with van der Waals surface area (Å²) in [5, 5.41) is 0. The molecule has 0 spiro atoms. The molecule has 0 aliphatic carbocycles. The number of hydrogen-bond acceptors (Lipinski definition) is 5. The van der Waals surface area contributed by atoms with Gasteiger partial charge in [0.2, 0.25) is 10.0 Å². The molecule has 1 saturated heterocycles. The Labute approximate surface area is 149 Å². The van der Waals surface area contributed by atoms with Gasteiger partial charge in [-0.3, -0.25) is 4.79 Å². The van der Waals surface area contributed by atoms with Crippen LogP contribution in [0.25, 0.3) is 0 Å². The highest BCUT2D eigenvalue weighted by molar-refractivity contribution is 7.88. The van der Waals surface area contributed by atoms with Crippen molar-refractivity contribution in [3.63, 3.8) is 0 Å². The van der Waals surface area contributed by atoms with Gasteiger partial charge < -0.3 is 14.4 Å². The molecule has 25 heavy (non-hydrogen) atoms. The summed E-state index contributed by atoms with van der Waals surface area (Å²) >= 11 is 0. The summed E-state index contributed by atoms with van der Waals surface area (Å²) in [6.45, 7) is 4.58. The predicted molar refractivity (Wildman–Crippen MR) is 95.2 cm³/mol. The van der Waals surface area contributed by atoms with Gasteiger partial charge in [0.1, 0.15) is 5.75 Å². The third-order valence-corrected chi connectivity index (χ3v) is 5.21. The number of benzene rings is 1. The molecule has 0 saturated carbocycles. The maximum absolute atomic E-state index is 12.6. The van der Waals surface area contributed by atoms with Crippen LogP contribution in [0.3, 0.4) is 0 Å². The van der Waals surface area contributed by atoms with Gasteiger partial charge in [-0.1, -0.05) is 12.1 Å². The quantitative estimate of drug-likeness (QED) is 0.769. The molecule has 1 aromatic carbocycles. The van der Waals surface area contributed by atoms with E-state index >= 15 is 0 Å². The Morgan fingerprint density at radius 1 is 1.36 bits per heavy atom. The van der Waals surface area contributed by atoms with Crippen LogP contribution in [-0.4, -0.2) is 64.4 Å². The third-order valence-electron chi connectivity index (χ3n) is 4.48. The molecule has 1 N–H and O–H groups in total. The highest BCUT2D eigenvalue weighted by atomic mass is 32.2. The number of methoxy groups -OCH3 is 1. The van der Waals surface area contributed by atoms with Crippen LogP contribution >= 0.6 is 0 Å². The molecule has 2 atom stereocenters. The van der Waals surface area contributed by atoms with Gasteiger partial charge in [-0.2, -0.15) is 0 Å². The van der Waals surface area contributed by atoms with Crippen LogP contribution in [-0.2, 0) is 19.6 Å². The highest BCUT2D eigenvalue weighted by Crippen LogP contribution is 2.22. The van der Waals surface area contributed by atoms with Gasteiger partial charge in [-0.15, -0.1) is 0 Å². The summed E-state index contributed by atoms with van der Waals surface area (Å²) in [6, 6.07) is 5.02. The van der Waals surface area contributed by atoms with E-state index in [0.29, 0.717) is 18.7 Å². The largest absolute Gasteiger partial charge is 0.483 e. The van der Waals surface area contributed by atoms with E-state index in [1.165, 1.54) is 7.11 Å². The van der Waals surface area contributed by atoms with Crippen molar-refractivity contribution >= 4 is 15.9 Å². The number of hydrogen-bond donors (Lipinski definition) is 1. The molecule has 2 unspecified atom stereocenters. The number of ether oxygens (including phenoxy) is 2. The van der Waals surface area contributed by atoms with Crippen molar-refractivity contribution in [3.8, 4) is 5.75 Å². The molecule has 0 bridgehead atoms. The van der Waals surface area contributed by atoms with Gasteiger partial charge >= 0.3 is 0 Å². The lowest BCUT2D eigenvalue weighted by Crippen LogP contribution is -2.49. The van der Waals surface area contributed by atoms with Crippen LogP contribution in [0, 0.1) is 13.8 Å². The molecule has 1 aromatic rings. The molecule has 2 rings (SSSR count). The van der Waals surface area contributed by atoms with E-state index in [9.17, 15) is 13.2 Å². The fourth-order valence-electron chi connectivity index (χ4n) is 3.06. The number of nitrogens with zero attached hydrogens (tertiary/aromatic N) is 1. The van der Waals surface area contributed by atoms with Crippen molar-refractivity contribution in [3.05, 3.63) is 29.3 Å². The van der Waals surface area contributed by atoms with E-state index in [-0.39, 0.29) is 31.2 Å². The number of rotatable bonds is 7. The summed E-state index contributed by atoms with van der Waals surface area (Å²) in [4.78, 5) is 14.2. The Morgan fingerprint density at radius 3 is 2.72 bits per heavy atom. The van der Waals surface area contributed by atoms with Gasteiger partial charge in [0.05, 0.1) is 18.9 Å². The van der Waals surface area contributed by atoms with Gasteiger partial charge in [0, 0.05) is 19.7 Å². The van der Waals surface area contributed by atoms with E-state index in [1.807, 2.05) is 32.0 Å². The fraction of sp³-hybridized carbons (Fsp3) is 0.588. The maximum atomic E-state index is 12.6. The van der Waals surface area contributed by atoms with E-state index in [2.05, 4.69) is 4.72 Å². The monoisotopic (exact) mass is 370 g/mol. The smallest absolute Gasteiger partial charge is 0.260 e. The molecule has 7 nitrogen and oxygen atoms in total. The predicted octanol–water partition coefficient (Wildman–Crippen LogP) is 0.847. The molecule has 8 heteroatoms. The first-order chi connectivity index (χ1) is 11.7. The molecule has 1 fully saturated rings. The zero-order valence-corrected chi connectivity index (χ0v) is 15.9. The number of carbonyl (C=O) groups is 1. The van der Waals surface area contributed by atoms with Crippen molar-refractivity contribution in [1.29, 1.82) is 0 Å². The zero-order chi connectivity index (χ0) is 18.6. The highest BCUT2D eigenvalue weighted by Gasteiger charge is 2.38. The summed E-state index contributed by atoms with van der Waals surface area (Å²) in [6.07, 6.45) is 1.67. The number of likely N-dealkylation sites (tertiary alicyclic amines) is 1. The van der Waals surface area contributed by atoms with E-state index < -0.39 is 10.0 Å². The van der Waals surface area contributed by atoms with Gasteiger partial charge in [-0.25, -0.2) is 13.1 Å². The van der Waals surface area contributed by atoms with Crippen LogP contribution in [0.2, 0.25) is 0 Å². The molecule has 1 heterocycles. The molecule has 1 aliphatic heterocycles. The zero-order valence-electron chi connectivity index (χ0n) is 15.1. The fourth-order valence-corrected chi connectivity index (χ4v) is 3.88. The van der Waals surface area contributed by atoms with Crippen molar-refractivity contribution in [2.75, 3.05) is 33.1 Å². The second-order valence-electron chi connectivity index (χ2n) is 6.38. The van der Waals surface area contributed by atoms with Crippen molar-refractivity contribution < 1.29 is 22.7 Å². The SMILES string of the molecule is COCC1C(NS(C)(=O)=O)CCN1C(=O)COc1cccc(C)c1C. The Kier molecular flexibility index (Phi) is 6.42. The maximum Gasteiger partial charge on any atom is 0.260 e. The molecule has 1 aliphatic rings. The van der Waals surface area contributed by atoms with Crippen LogP contribution in [0.15, 0.2) is 18.2 Å². The summed E-state index contributed by atoms with van der Waals surface area (Å²) in [5.74, 6) is 0.502. The average Bonchev–Trinajstić information content (AvgIpc) is 2.90. The van der Waals surface area contributed by atoms with Crippen LogP contribution in [0.1, 0.15) is 17.5 Å². The van der Waals surface area contributed by atoms with Gasteiger partial charge in [0.15, 0.2) is 6.61 Å². The van der Waals surface area contributed by atoms with Crippen molar-refractivity contribution in [2.45, 2.75) is 32.4 Å². The summed E-state index contributed by atoms with van der Waals surface area (Å²) < 4.78 is 36.5. The van der Waals surface area contributed by atoms with Crippen LogP contribution < -0.4 is 9.46 Å². The van der Waals surface area contributed by atoms with Crippen molar-refractivity contribution in [1.82, 2.24) is 9.62 Å².